The zero-order chi connectivity index (χ0) is 12.3. The van der Waals surface area contributed by atoms with Crippen molar-refractivity contribution in [2.45, 2.75) is 0 Å². The molecule has 1 aromatic rings. The van der Waals surface area contributed by atoms with E-state index in [1.807, 2.05) is 22.6 Å². The van der Waals surface area contributed by atoms with E-state index in [9.17, 15) is 9.59 Å². The molecule has 0 saturated heterocycles. The molecule has 0 spiro atoms. The summed E-state index contributed by atoms with van der Waals surface area (Å²) in [6.07, 6.45) is 1.33. The maximum Gasteiger partial charge on any atom is 0.266 e. The van der Waals surface area contributed by atoms with Crippen LogP contribution in [-0.2, 0) is 4.79 Å². The number of rotatable bonds is 3. The Morgan fingerprint density at radius 2 is 2.12 bits per heavy atom. The summed E-state index contributed by atoms with van der Waals surface area (Å²) in [5.41, 5.74) is -0.199. The quantitative estimate of drug-likeness (QED) is 0.783. The number of carbonyl (C=O) groups excluding carboxylic acids is 1. The number of H-pyrrole nitrogens is 1. The molecular weight excluding hydrogens is 323 g/mol. The molecule has 6 nitrogen and oxygen atoms in total. The van der Waals surface area contributed by atoms with E-state index in [0.29, 0.717) is 9.39 Å². The molecule has 0 aliphatic carbocycles. The van der Waals surface area contributed by atoms with E-state index in [0.717, 1.165) is 0 Å². The number of hydrogen-bond donors (Lipinski definition) is 1. The number of hydrogen-bond acceptors (Lipinski definition) is 4. The fourth-order valence-corrected chi connectivity index (χ4v) is 1.77. The maximum absolute atomic E-state index is 11.5. The highest BCUT2D eigenvalue weighted by Gasteiger charge is 2.14. The first-order valence-corrected chi connectivity index (χ1v) is 5.66. The van der Waals surface area contributed by atoms with Crippen molar-refractivity contribution in [2.24, 2.45) is 0 Å². The summed E-state index contributed by atoms with van der Waals surface area (Å²) in [6.45, 7) is 0.194. The molecule has 1 aromatic heterocycles. The van der Waals surface area contributed by atoms with Crippen LogP contribution in [0.2, 0.25) is 0 Å². The van der Waals surface area contributed by atoms with Crippen LogP contribution >= 0.6 is 22.6 Å². The third-order valence-corrected chi connectivity index (χ3v) is 2.98. The Morgan fingerprint density at radius 1 is 1.50 bits per heavy atom. The van der Waals surface area contributed by atoms with Crippen LogP contribution in [0.3, 0.4) is 0 Å². The van der Waals surface area contributed by atoms with E-state index < -0.39 is 0 Å². The Labute approximate surface area is 107 Å². The molecule has 1 amide bonds. The van der Waals surface area contributed by atoms with E-state index in [4.69, 9.17) is 0 Å². The van der Waals surface area contributed by atoms with Crippen LogP contribution in [0.4, 0.5) is 5.82 Å². The summed E-state index contributed by atoms with van der Waals surface area (Å²) in [5.74, 6) is 0.472. The Kier molecular flexibility index (Phi) is 4.27. The predicted octanol–water partition coefficient (Wildman–Crippen LogP) is -0.101. The molecule has 0 saturated carbocycles. The first kappa shape index (κ1) is 12.9. The van der Waals surface area contributed by atoms with Crippen molar-refractivity contribution in [3.63, 3.8) is 0 Å². The Morgan fingerprint density at radius 3 is 2.69 bits per heavy atom. The molecule has 7 heteroatoms. The number of anilines is 1. The number of nitrogens with one attached hydrogen (secondary N) is 1. The van der Waals surface area contributed by atoms with Gasteiger partial charge in [-0.15, -0.1) is 0 Å². The molecule has 1 rings (SSSR count). The summed E-state index contributed by atoms with van der Waals surface area (Å²) in [6, 6.07) is 0. The van der Waals surface area contributed by atoms with Crippen LogP contribution in [0.15, 0.2) is 11.1 Å². The average Bonchev–Trinajstić information content (AvgIpc) is 2.21. The molecule has 0 bridgehead atoms. The highest BCUT2D eigenvalue weighted by Crippen LogP contribution is 2.13. The number of aromatic nitrogens is 2. The van der Waals surface area contributed by atoms with Crippen LogP contribution in [0.25, 0.3) is 0 Å². The summed E-state index contributed by atoms with van der Waals surface area (Å²) >= 11 is 1.91. The van der Waals surface area contributed by atoms with Crippen LogP contribution in [0, 0.1) is 3.57 Å². The van der Waals surface area contributed by atoms with Crippen molar-refractivity contribution in [1.82, 2.24) is 14.9 Å². The van der Waals surface area contributed by atoms with E-state index in [2.05, 4.69) is 9.97 Å². The van der Waals surface area contributed by atoms with Gasteiger partial charge in [0.15, 0.2) is 0 Å². The lowest BCUT2D eigenvalue weighted by Gasteiger charge is -2.20. The predicted molar refractivity (Wildman–Crippen MR) is 69.5 cm³/mol. The van der Waals surface area contributed by atoms with Gasteiger partial charge >= 0.3 is 0 Å². The van der Waals surface area contributed by atoms with Crippen LogP contribution in [-0.4, -0.2) is 48.5 Å². The Bertz CT molecular complexity index is 443. The van der Waals surface area contributed by atoms with Crippen molar-refractivity contribution >= 4 is 34.3 Å². The minimum atomic E-state index is -0.199. The molecule has 0 radical (unpaired) electrons. The number of aromatic amines is 1. The number of nitrogens with zero attached hydrogens (tertiary/aromatic N) is 3. The molecule has 16 heavy (non-hydrogen) atoms. The van der Waals surface area contributed by atoms with E-state index in [1.54, 1.807) is 26.0 Å². The van der Waals surface area contributed by atoms with Gasteiger partial charge in [0.25, 0.3) is 5.56 Å². The number of likely N-dealkylation sites (N-methyl/N-ethyl adjacent to an activating group) is 2. The van der Waals surface area contributed by atoms with Gasteiger partial charge in [0.1, 0.15) is 9.39 Å². The van der Waals surface area contributed by atoms with Gasteiger partial charge in [-0.3, -0.25) is 9.59 Å². The SMILES string of the molecule is CN(C)C(=O)CN(C)c1nc[nH]c(=O)c1I. The van der Waals surface area contributed by atoms with Crippen molar-refractivity contribution < 1.29 is 4.79 Å². The molecule has 88 valence electrons. The molecule has 0 unspecified atom stereocenters. The maximum atomic E-state index is 11.5. The third kappa shape index (κ3) is 2.94. The van der Waals surface area contributed by atoms with Crippen molar-refractivity contribution in [2.75, 3.05) is 32.6 Å². The number of carbonyl (C=O) groups is 1. The monoisotopic (exact) mass is 336 g/mol. The lowest BCUT2D eigenvalue weighted by atomic mass is 10.4. The second-order valence-corrected chi connectivity index (χ2v) is 4.59. The molecular formula is C9H13IN4O2. The zero-order valence-corrected chi connectivity index (χ0v) is 11.5. The largest absolute Gasteiger partial charge is 0.349 e. The summed E-state index contributed by atoms with van der Waals surface area (Å²) in [7, 11) is 5.10. The lowest BCUT2D eigenvalue weighted by molar-refractivity contribution is -0.127. The molecule has 0 aliphatic heterocycles. The highest BCUT2D eigenvalue weighted by molar-refractivity contribution is 14.1. The minimum Gasteiger partial charge on any atom is -0.349 e. The highest BCUT2D eigenvalue weighted by atomic mass is 127. The topological polar surface area (TPSA) is 69.3 Å². The van der Waals surface area contributed by atoms with Gasteiger partial charge in [-0.2, -0.15) is 0 Å². The summed E-state index contributed by atoms with van der Waals surface area (Å²) < 4.78 is 0.481. The van der Waals surface area contributed by atoms with E-state index in [1.165, 1.54) is 11.2 Å². The van der Waals surface area contributed by atoms with Gasteiger partial charge in [0.05, 0.1) is 12.9 Å². The zero-order valence-electron chi connectivity index (χ0n) is 9.32. The molecule has 0 aromatic carbocycles. The number of halogens is 1. The van der Waals surface area contributed by atoms with Gasteiger partial charge in [-0.25, -0.2) is 4.98 Å². The fourth-order valence-electron chi connectivity index (χ4n) is 1.06. The van der Waals surface area contributed by atoms with Gasteiger partial charge in [0.2, 0.25) is 5.91 Å². The van der Waals surface area contributed by atoms with Crippen LogP contribution in [0.5, 0.6) is 0 Å². The van der Waals surface area contributed by atoms with E-state index >= 15 is 0 Å². The summed E-state index contributed by atoms with van der Waals surface area (Å²) in [4.78, 5) is 32.5. The molecule has 0 fully saturated rings. The van der Waals surface area contributed by atoms with E-state index in [-0.39, 0.29) is 18.0 Å². The molecule has 0 atom stereocenters. The smallest absolute Gasteiger partial charge is 0.266 e. The molecule has 1 N–H and O–H groups in total. The van der Waals surface area contributed by atoms with Gasteiger partial charge in [0, 0.05) is 21.1 Å². The van der Waals surface area contributed by atoms with Gasteiger partial charge in [-0.1, -0.05) is 0 Å². The summed E-state index contributed by atoms with van der Waals surface area (Å²) in [5, 5.41) is 0. The molecule has 1 heterocycles. The minimum absolute atomic E-state index is 0.0413. The number of amides is 1. The second kappa shape index (κ2) is 5.28. The normalized spacial score (nSPS) is 10.0. The third-order valence-electron chi connectivity index (χ3n) is 2.01. The van der Waals surface area contributed by atoms with Gasteiger partial charge in [-0.05, 0) is 22.6 Å². The Balaban J connectivity index is 2.89. The first-order valence-electron chi connectivity index (χ1n) is 4.58. The van der Waals surface area contributed by atoms with Gasteiger partial charge < -0.3 is 14.8 Å². The van der Waals surface area contributed by atoms with Crippen LogP contribution in [0.1, 0.15) is 0 Å². The molecule has 0 aliphatic rings. The second-order valence-electron chi connectivity index (χ2n) is 3.51. The lowest BCUT2D eigenvalue weighted by Crippen LogP contribution is -2.35. The first-order chi connectivity index (χ1) is 7.43. The van der Waals surface area contributed by atoms with Crippen molar-refractivity contribution in [3.8, 4) is 0 Å². The van der Waals surface area contributed by atoms with Crippen molar-refractivity contribution in [3.05, 3.63) is 20.3 Å². The van der Waals surface area contributed by atoms with Crippen molar-refractivity contribution in [1.29, 1.82) is 0 Å². The Hall–Kier alpha value is -1.12. The standard InChI is InChI=1S/C9H13IN4O2/c1-13(2)6(15)4-14(3)8-7(10)9(16)12-5-11-8/h5H,4H2,1-3H3,(H,11,12,16). The fraction of sp³-hybridized carbons (Fsp3) is 0.444. The van der Waals surface area contributed by atoms with Crippen LogP contribution < -0.4 is 10.5 Å². The average molecular weight is 336 g/mol.